The van der Waals surface area contributed by atoms with Gasteiger partial charge in [0.25, 0.3) is 0 Å². The molecular weight excluding hydrogens is 205 g/mol. The molecule has 0 aromatic rings. The smallest absolute Gasteiger partial charge is 0.160 e. The SMILES string of the molecule is FC1=C(Cl)N=CC(OC2CCCC2)C1. The van der Waals surface area contributed by atoms with Crippen molar-refractivity contribution in [3.8, 4) is 0 Å². The van der Waals surface area contributed by atoms with Crippen LogP contribution in [0.25, 0.3) is 0 Å². The van der Waals surface area contributed by atoms with Gasteiger partial charge in [-0.05, 0) is 12.8 Å². The molecular formula is C10H13ClFNO. The van der Waals surface area contributed by atoms with Crippen molar-refractivity contribution in [1.82, 2.24) is 0 Å². The minimum absolute atomic E-state index is 0.0312. The maximum Gasteiger partial charge on any atom is 0.160 e. The van der Waals surface area contributed by atoms with Gasteiger partial charge in [0.15, 0.2) is 5.16 Å². The second kappa shape index (κ2) is 4.41. The number of aliphatic imine (C=N–C) groups is 1. The van der Waals surface area contributed by atoms with Crippen LogP contribution in [0.4, 0.5) is 4.39 Å². The first kappa shape index (κ1) is 10.1. The summed E-state index contributed by atoms with van der Waals surface area (Å²) < 4.78 is 18.7. The van der Waals surface area contributed by atoms with Gasteiger partial charge >= 0.3 is 0 Å². The molecule has 1 atom stereocenters. The van der Waals surface area contributed by atoms with Crippen molar-refractivity contribution < 1.29 is 9.13 Å². The number of nitrogens with zero attached hydrogens (tertiary/aromatic N) is 1. The second-order valence-electron chi connectivity index (χ2n) is 3.76. The van der Waals surface area contributed by atoms with Crippen molar-refractivity contribution in [2.75, 3.05) is 0 Å². The highest BCUT2D eigenvalue weighted by Gasteiger charge is 2.23. The Morgan fingerprint density at radius 3 is 2.79 bits per heavy atom. The van der Waals surface area contributed by atoms with Crippen LogP contribution < -0.4 is 0 Å². The molecule has 0 radical (unpaired) electrons. The Morgan fingerprint density at radius 1 is 1.43 bits per heavy atom. The molecule has 1 fully saturated rings. The van der Waals surface area contributed by atoms with Crippen molar-refractivity contribution in [2.24, 2.45) is 4.99 Å². The first-order valence-electron chi connectivity index (χ1n) is 4.99. The lowest BCUT2D eigenvalue weighted by atomic mass is 10.2. The van der Waals surface area contributed by atoms with Gasteiger partial charge in [0.1, 0.15) is 5.83 Å². The van der Waals surface area contributed by atoms with Gasteiger partial charge in [-0.1, -0.05) is 24.4 Å². The number of halogens is 2. The van der Waals surface area contributed by atoms with Gasteiger partial charge in [0.2, 0.25) is 0 Å². The molecule has 1 unspecified atom stereocenters. The summed E-state index contributed by atoms with van der Waals surface area (Å²) in [5.74, 6) is -0.364. The van der Waals surface area contributed by atoms with E-state index in [1.54, 1.807) is 6.21 Å². The van der Waals surface area contributed by atoms with Crippen LogP contribution >= 0.6 is 11.6 Å². The zero-order chi connectivity index (χ0) is 9.97. The van der Waals surface area contributed by atoms with E-state index in [0.717, 1.165) is 12.8 Å². The minimum atomic E-state index is -0.364. The molecule has 0 aromatic heterocycles. The normalized spacial score (nSPS) is 28.9. The number of ether oxygens (including phenoxy) is 1. The summed E-state index contributed by atoms with van der Waals surface area (Å²) in [7, 11) is 0. The molecule has 78 valence electrons. The molecule has 1 aliphatic carbocycles. The van der Waals surface area contributed by atoms with E-state index in [2.05, 4.69) is 4.99 Å². The molecule has 0 amide bonds. The second-order valence-corrected chi connectivity index (χ2v) is 4.12. The van der Waals surface area contributed by atoms with Gasteiger partial charge in [-0.25, -0.2) is 9.38 Å². The van der Waals surface area contributed by atoms with Crippen LogP contribution in [0.15, 0.2) is 16.0 Å². The van der Waals surface area contributed by atoms with Crippen LogP contribution in [0, 0.1) is 0 Å². The summed E-state index contributed by atoms with van der Waals surface area (Å²) in [6.07, 6.45) is 6.51. The fourth-order valence-corrected chi connectivity index (χ4v) is 2.02. The minimum Gasteiger partial charge on any atom is -0.369 e. The lowest BCUT2D eigenvalue weighted by molar-refractivity contribution is 0.0277. The number of hydrogen-bond acceptors (Lipinski definition) is 2. The van der Waals surface area contributed by atoms with Crippen LogP contribution in [0.3, 0.4) is 0 Å². The van der Waals surface area contributed by atoms with Gasteiger partial charge in [-0.3, -0.25) is 0 Å². The number of hydrogen-bond donors (Lipinski definition) is 0. The zero-order valence-electron chi connectivity index (χ0n) is 7.88. The zero-order valence-corrected chi connectivity index (χ0v) is 8.63. The van der Waals surface area contributed by atoms with Crippen LogP contribution in [0.2, 0.25) is 0 Å². The Morgan fingerprint density at radius 2 is 2.14 bits per heavy atom. The standard InChI is InChI=1S/C10H13ClFNO/c11-10-9(12)5-8(6-13-10)14-7-3-1-2-4-7/h6-8H,1-5H2. The van der Waals surface area contributed by atoms with Crippen molar-refractivity contribution in [3.05, 3.63) is 11.0 Å². The van der Waals surface area contributed by atoms with Crippen LogP contribution in [0.1, 0.15) is 32.1 Å². The van der Waals surface area contributed by atoms with E-state index < -0.39 is 0 Å². The maximum atomic E-state index is 13.1. The van der Waals surface area contributed by atoms with Crippen molar-refractivity contribution in [1.29, 1.82) is 0 Å². The third-order valence-electron chi connectivity index (χ3n) is 2.63. The van der Waals surface area contributed by atoms with E-state index in [-0.39, 0.29) is 29.6 Å². The topological polar surface area (TPSA) is 21.6 Å². The first-order chi connectivity index (χ1) is 6.75. The Hall–Kier alpha value is -0.410. The Kier molecular flexibility index (Phi) is 3.19. The van der Waals surface area contributed by atoms with Gasteiger partial charge in [-0.2, -0.15) is 0 Å². The lowest BCUT2D eigenvalue weighted by Gasteiger charge is -2.20. The average Bonchev–Trinajstić information content (AvgIpc) is 2.64. The summed E-state index contributed by atoms with van der Waals surface area (Å²) in [5, 5.41) is -0.0312. The molecule has 1 heterocycles. The highest BCUT2D eigenvalue weighted by atomic mass is 35.5. The summed E-state index contributed by atoms with van der Waals surface area (Å²) in [6, 6.07) is 0. The van der Waals surface area contributed by atoms with Crippen molar-refractivity contribution >= 4 is 17.8 Å². The summed E-state index contributed by atoms with van der Waals surface area (Å²) >= 11 is 5.50. The predicted octanol–water partition coefficient (Wildman–Crippen LogP) is 3.17. The Labute approximate surface area is 87.8 Å². The summed E-state index contributed by atoms with van der Waals surface area (Å²) in [6.45, 7) is 0. The van der Waals surface area contributed by atoms with Gasteiger partial charge in [0, 0.05) is 12.6 Å². The molecule has 0 bridgehead atoms. The molecule has 4 heteroatoms. The number of rotatable bonds is 2. The molecule has 0 aromatic carbocycles. The van der Waals surface area contributed by atoms with Crippen LogP contribution in [0.5, 0.6) is 0 Å². The highest BCUT2D eigenvalue weighted by molar-refractivity contribution is 6.30. The first-order valence-corrected chi connectivity index (χ1v) is 5.37. The molecule has 0 N–H and O–H groups in total. The molecule has 0 saturated heterocycles. The molecule has 1 saturated carbocycles. The highest BCUT2D eigenvalue weighted by Crippen LogP contribution is 2.27. The van der Waals surface area contributed by atoms with Crippen LogP contribution in [-0.2, 0) is 4.74 Å². The van der Waals surface area contributed by atoms with Gasteiger partial charge in [0.05, 0.1) is 12.2 Å². The van der Waals surface area contributed by atoms with E-state index in [0.29, 0.717) is 0 Å². The molecule has 2 aliphatic rings. The molecule has 2 nitrogen and oxygen atoms in total. The molecule has 2 rings (SSSR count). The molecule has 0 spiro atoms. The van der Waals surface area contributed by atoms with Gasteiger partial charge in [-0.15, -0.1) is 0 Å². The molecule has 1 aliphatic heterocycles. The average molecular weight is 218 g/mol. The van der Waals surface area contributed by atoms with E-state index in [9.17, 15) is 4.39 Å². The quantitative estimate of drug-likeness (QED) is 0.651. The van der Waals surface area contributed by atoms with Gasteiger partial charge < -0.3 is 4.74 Å². The fourth-order valence-electron chi connectivity index (χ4n) is 1.89. The van der Waals surface area contributed by atoms with E-state index >= 15 is 0 Å². The Bertz CT molecular complexity index is 271. The third-order valence-corrected chi connectivity index (χ3v) is 2.93. The van der Waals surface area contributed by atoms with Crippen molar-refractivity contribution in [3.63, 3.8) is 0 Å². The third kappa shape index (κ3) is 2.34. The van der Waals surface area contributed by atoms with Crippen LogP contribution in [-0.4, -0.2) is 18.4 Å². The lowest BCUT2D eigenvalue weighted by Crippen LogP contribution is -2.23. The van der Waals surface area contributed by atoms with Crippen molar-refractivity contribution in [2.45, 2.75) is 44.3 Å². The largest absolute Gasteiger partial charge is 0.369 e. The Balaban J connectivity index is 1.86. The summed E-state index contributed by atoms with van der Waals surface area (Å²) in [4.78, 5) is 3.75. The maximum absolute atomic E-state index is 13.1. The van der Waals surface area contributed by atoms with E-state index in [4.69, 9.17) is 16.3 Å². The van der Waals surface area contributed by atoms with E-state index in [1.165, 1.54) is 12.8 Å². The predicted molar refractivity (Wildman–Crippen MR) is 54.2 cm³/mol. The molecule has 14 heavy (non-hydrogen) atoms. The summed E-state index contributed by atoms with van der Waals surface area (Å²) in [5.41, 5.74) is 0. The fraction of sp³-hybridized carbons (Fsp3) is 0.700. The van der Waals surface area contributed by atoms with E-state index in [1.807, 2.05) is 0 Å². The monoisotopic (exact) mass is 217 g/mol.